The first-order valence-electron chi connectivity index (χ1n) is 3.11. The molecule has 0 aliphatic heterocycles. The van der Waals surface area contributed by atoms with Crippen molar-refractivity contribution in [2.24, 2.45) is 5.84 Å². The third-order valence-electron chi connectivity index (χ3n) is 1.30. The standard InChI is InChI=1S/C7H8BrClN2/c8-7-2-1-6(9)3-5(7)4-11-10/h1-3,11H,4,10H2. The Kier molecular flexibility index (Phi) is 3.33. The number of halogens is 2. The van der Waals surface area contributed by atoms with Crippen LogP contribution in [0.25, 0.3) is 0 Å². The first-order valence-corrected chi connectivity index (χ1v) is 4.28. The highest BCUT2D eigenvalue weighted by Crippen LogP contribution is 2.20. The van der Waals surface area contributed by atoms with Crippen LogP contribution in [0.2, 0.25) is 5.02 Å². The van der Waals surface area contributed by atoms with Gasteiger partial charge in [-0.1, -0.05) is 27.5 Å². The molecule has 3 N–H and O–H groups in total. The van der Waals surface area contributed by atoms with Gasteiger partial charge in [0, 0.05) is 16.0 Å². The molecule has 0 atom stereocenters. The van der Waals surface area contributed by atoms with Crippen LogP contribution in [0.5, 0.6) is 0 Å². The zero-order chi connectivity index (χ0) is 8.27. The van der Waals surface area contributed by atoms with E-state index in [0.29, 0.717) is 6.54 Å². The maximum absolute atomic E-state index is 5.76. The number of rotatable bonds is 2. The Labute approximate surface area is 78.8 Å². The molecule has 0 fully saturated rings. The van der Waals surface area contributed by atoms with Gasteiger partial charge in [-0.05, 0) is 23.8 Å². The highest BCUT2D eigenvalue weighted by molar-refractivity contribution is 9.10. The fourth-order valence-corrected chi connectivity index (χ4v) is 1.37. The van der Waals surface area contributed by atoms with Crippen LogP contribution in [0, 0.1) is 0 Å². The van der Waals surface area contributed by atoms with E-state index in [1.165, 1.54) is 0 Å². The van der Waals surface area contributed by atoms with E-state index in [0.717, 1.165) is 15.1 Å². The van der Waals surface area contributed by atoms with Gasteiger partial charge in [0.1, 0.15) is 0 Å². The fraction of sp³-hybridized carbons (Fsp3) is 0.143. The molecule has 0 amide bonds. The molecule has 0 aliphatic rings. The summed E-state index contributed by atoms with van der Waals surface area (Å²) in [6.45, 7) is 0.612. The van der Waals surface area contributed by atoms with Gasteiger partial charge in [0.2, 0.25) is 0 Å². The first-order chi connectivity index (χ1) is 5.24. The minimum absolute atomic E-state index is 0.612. The number of benzene rings is 1. The molecule has 0 aliphatic carbocycles. The summed E-state index contributed by atoms with van der Waals surface area (Å²) in [5, 5.41) is 0.721. The molecule has 11 heavy (non-hydrogen) atoms. The zero-order valence-corrected chi connectivity index (χ0v) is 8.11. The minimum Gasteiger partial charge on any atom is -0.271 e. The summed E-state index contributed by atoms with van der Waals surface area (Å²) < 4.78 is 1.01. The molecule has 0 radical (unpaired) electrons. The van der Waals surface area contributed by atoms with E-state index >= 15 is 0 Å². The summed E-state index contributed by atoms with van der Waals surface area (Å²) in [7, 11) is 0. The molecule has 0 saturated heterocycles. The van der Waals surface area contributed by atoms with Crippen molar-refractivity contribution < 1.29 is 0 Å². The average molecular weight is 236 g/mol. The highest BCUT2D eigenvalue weighted by atomic mass is 79.9. The molecule has 2 nitrogen and oxygen atoms in total. The third kappa shape index (κ3) is 2.45. The second-order valence-electron chi connectivity index (χ2n) is 2.12. The van der Waals surface area contributed by atoms with E-state index < -0.39 is 0 Å². The van der Waals surface area contributed by atoms with Crippen molar-refractivity contribution >= 4 is 27.5 Å². The topological polar surface area (TPSA) is 38.0 Å². The number of nitrogens with one attached hydrogen (secondary N) is 1. The smallest absolute Gasteiger partial charge is 0.0410 e. The van der Waals surface area contributed by atoms with Crippen LogP contribution >= 0.6 is 27.5 Å². The van der Waals surface area contributed by atoms with E-state index in [1.807, 2.05) is 18.2 Å². The molecule has 1 aromatic carbocycles. The Bertz CT molecular complexity index is 252. The summed E-state index contributed by atoms with van der Waals surface area (Å²) in [6, 6.07) is 5.59. The Hall–Kier alpha value is -0.0900. The van der Waals surface area contributed by atoms with Crippen molar-refractivity contribution in [3.8, 4) is 0 Å². The predicted octanol–water partition coefficient (Wildman–Crippen LogP) is 2.07. The van der Waals surface area contributed by atoms with Crippen LogP contribution < -0.4 is 11.3 Å². The number of nitrogens with two attached hydrogens (primary N) is 1. The van der Waals surface area contributed by atoms with Gasteiger partial charge in [0.25, 0.3) is 0 Å². The second kappa shape index (κ2) is 4.07. The average Bonchev–Trinajstić information content (AvgIpc) is 1.98. The molecule has 1 rings (SSSR count). The fourth-order valence-electron chi connectivity index (χ4n) is 0.789. The van der Waals surface area contributed by atoms with Crippen molar-refractivity contribution in [3.05, 3.63) is 33.3 Å². The lowest BCUT2D eigenvalue weighted by Gasteiger charge is -2.02. The van der Waals surface area contributed by atoms with Crippen molar-refractivity contribution in [3.63, 3.8) is 0 Å². The van der Waals surface area contributed by atoms with Crippen LogP contribution in [0.4, 0.5) is 0 Å². The van der Waals surface area contributed by atoms with Gasteiger partial charge in [-0.25, -0.2) is 0 Å². The maximum Gasteiger partial charge on any atom is 0.0410 e. The van der Waals surface area contributed by atoms with Crippen molar-refractivity contribution in [1.82, 2.24) is 5.43 Å². The Morgan fingerprint density at radius 2 is 2.27 bits per heavy atom. The second-order valence-corrected chi connectivity index (χ2v) is 3.41. The van der Waals surface area contributed by atoms with Crippen molar-refractivity contribution in [2.75, 3.05) is 0 Å². The molecular formula is C7H8BrClN2. The van der Waals surface area contributed by atoms with E-state index in [9.17, 15) is 0 Å². The largest absolute Gasteiger partial charge is 0.271 e. The SMILES string of the molecule is NNCc1cc(Cl)ccc1Br. The summed E-state index contributed by atoms with van der Waals surface area (Å²) in [4.78, 5) is 0. The third-order valence-corrected chi connectivity index (χ3v) is 2.31. The summed E-state index contributed by atoms with van der Waals surface area (Å²) in [5.41, 5.74) is 3.62. The highest BCUT2D eigenvalue weighted by Gasteiger charge is 1.98. The number of hydrogen-bond donors (Lipinski definition) is 2. The van der Waals surface area contributed by atoms with E-state index in [1.54, 1.807) is 0 Å². The van der Waals surface area contributed by atoms with Gasteiger partial charge < -0.3 is 0 Å². The maximum atomic E-state index is 5.76. The van der Waals surface area contributed by atoms with Gasteiger partial charge in [-0.15, -0.1) is 0 Å². The number of hydrogen-bond acceptors (Lipinski definition) is 2. The van der Waals surface area contributed by atoms with Crippen LogP contribution in [-0.4, -0.2) is 0 Å². The molecule has 0 saturated carbocycles. The Morgan fingerprint density at radius 3 is 2.91 bits per heavy atom. The minimum atomic E-state index is 0.612. The van der Waals surface area contributed by atoms with Gasteiger partial charge in [0.15, 0.2) is 0 Å². The zero-order valence-electron chi connectivity index (χ0n) is 5.77. The summed E-state index contributed by atoms with van der Waals surface area (Å²) in [5.74, 6) is 5.17. The Morgan fingerprint density at radius 1 is 1.55 bits per heavy atom. The molecule has 0 unspecified atom stereocenters. The Balaban J connectivity index is 2.93. The van der Waals surface area contributed by atoms with Gasteiger partial charge in [0.05, 0.1) is 0 Å². The van der Waals surface area contributed by atoms with Crippen LogP contribution in [0.3, 0.4) is 0 Å². The summed E-state index contributed by atoms with van der Waals surface area (Å²) in [6.07, 6.45) is 0. The van der Waals surface area contributed by atoms with Crippen LogP contribution in [-0.2, 0) is 6.54 Å². The van der Waals surface area contributed by atoms with Gasteiger partial charge in [-0.2, -0.15) is 0 Å². The van der Waals surface area contributed by atoms with Crippen molar-refractivity contribution in [2.45, 2.75) is 6.54 Å². The molecule has 0 spiro atoms. The van der Waals surface area contributed by atoms with E-state index in [2.05, 4.69) is 21.4 Å². The van der Waals surface area contributed by atoms with Crippen molar-refractivity contribution in [1.29, 1.82) is 0 Å². The van der Waals surface area contributed by atoms with E-state index in [-0.39, 0.29) is 0 Å². The van der Waals surface area contributed by atoms with Gasteiger partial charge >= 0.3 is 0 Å². The molecule has 60 valence electrons. The lowest BCUT2D eigenvalue weighted by molar-refractivity contribution is 0.739. The lowest BCUT2D eigenvalue weighted by Crippen LogP contribution is -2.20. The van der Waals surface area contributed by atoms with Crippen LogP contribution in [0.1, 0.15) is 5.56 Å². The lowest BCUT2D eigenvalue weighted by atomic mass is 10.2. The van der Waals surface area contributed by atoms with Gasteiger partial charge in [-0.3, -0.25) is 11.3 Å². The molecule has 0 aromatic heterocycles. The van der Waals surface area contributed by atoms with Crippen LogP contribution in [0.15, 0.2) is 22.7 Å². The normalized spacial score (nSPS) is 10.1. The van der Waals surface area contributed by atoms with E-state index in [4.69, 9.17) is 17.4 Å². The number of hydrazine groups is 1. The molecule has 0 heterocycles. The molecule has 1 aromatic rings. The summed E-state index contributed by atoms with van der Waals surface area (Å²) >= 11 is 9.14. The first kappa shape index (κ1) is 9.00. The predicted molar refractivity (Wildman–Crippen MR) is 50.2 cm³/mol. The monoisotopic (exact) mass is 234 g/mol. The molecular weight excluding hydrogens is 227 g/mol. The molecule has 4 heteroatoms. The molecule has 0 bridgehead atoms. The quantitative estimate of drug-likeness (QED) is 0.608.